The molecule has 4 atom stereocenters. The van der Waals surface area contributed by atoms with Crippen LogP contribution in [0.15, 0.2) is 0 Å². The number of rotatable bonds is 3. The lowest BCUT2D eigenvalue weighted by Crippen LogP contribution is -2.44. The first kappa shape index (κ1) is 13.0. The quantitative estimate of drug-likeness (QED) is 0.581. The van der Waals surface area contributed by atoms with Gasteiger partial charge in [-0.15, -0.1) is 0 Å². The molecule has 0 bridgehead atoms. The Morgan fingerprint density at radius 3 is 2.44 bits per heavy atom. The predicted molar refractivity (Wildman–Crippen MR) is 67.6 cm³/mol. The third kappa shape index (κ3) is 1.90. The summed E-state index contributed by atoms with van der Waals surface area (Å²) in [4.78, 5) is 0. The average molecular weight is 342 g/mol. The molecule has 94 valence electrons. The van der Waals surface area contributed by atoms with E-state index in [1.54, 1.807) is 7.11 Å². The third-order valence-corrected chi connectivity index (χ3v) is 4.61. The molecule has 0 aromatic heterocycles. The van der Waals surface area contributed by atoms with Crippen molar-refractivity contribution < 1.29 is 18.9 Å². The van der Waals surface area contributed by atoms with Crippen molar-refractivity contribution in [3.63, 3.8) is 0 Å². The first-order chi connectivity index (χ1) is 7.48. The Bertz CT molecular complexity index is 265. The van der Waals surface area contributed by atoms with E-state index < -0.39 is 5.79 Å². The first-order valence-corrected chi connectivity index (χ1v) is 7.13. The van der Waals surface area contributed by atoms with E-state index in [2.05, 4.69) is 29.5 Å². The summed E-state index contributed by atoms with van der Waals surface area (Å²) in [5.74, 6) is -0.540. The van der Waals surface area contributed by atoms with Crippen molar-refractivity contribution >= 4 is 22.6 Å². The smallest absolute Gasteiger partial charge is 0.186 e. The fourth-order valence-corrected chi connectivity index (χ4v) is 3.58. The summed E-state index contributed by atoms with van der Waals surface area (Å²) in [5, 5.41) is 0. The molecule has 0 N–H and O–H groups in total. The van der Waals surface area contributed by atoms with E-state index in [9.17, 15) is 0 Å². The van der Waals surface area contributed by atoms with Gasteiger partial charge < -0.3 is 18.9 Å². The Kier molecular flexibility index (Phi) is 3.54. The largest absolute Gasteiger partial charge is 0.353 e. The Balaban J connectivity index is 2.26. The number of halogens is 1. The van der Waals surface area contributed by atoms with Gasteiger partial charge >= 0.3 is 0 Å². The molecule has 0 radical (unpaired) electrons. The van der Waals surface area contributed by atoms with Gasteiger partial charge in [-0.25, -0.2) is 0 Å². The highest BCUT2D eigenvalue weighted by Gasteiger charge is 2.61. The van der Waals surface area contributed by atoms with Gasteiger partial charge in [0.1, 0.15) is 17.8 Å². The van der Waals surface area contributed by atoms with E-state index in [0.717, 1.165) is 10.8 Å². The maximum Gasteiger partial charge on any atom is 0.186 e. The highest BCUT2D eigenvalue weighted by atomic mass is 127. The molecule has 2 rings (SSSR count). The highest BCUT2D eigenvalue weighted by Crippen LogP contribution is 2.46. The average Bonchev–Trinajstić information content (AvgIpc) is 2.70. The van der Waals surface area contributed by atoms with Gasteiger partial charge in [0, 0.05) is 11.5 Å². The first-order valence-electron chi connectivity index (χ1n) is 5.60. The minimum Gasteiger partial charge on any atom is -0.353 e. The maximum absolute atomic E-state index is 5.98. The molecule has 4 nitrogen and oxygen atoms in total. The van der Waals surface area contributed by atoms with Crippen LogP contribution in [0.5, 0.6) is 0 Å². The lowest BCUT2D eigenvalue weighted by molar-refractivity contribution is -0.245. The van der Waals surface area contributed by atoms with E-state index in [1.807, 2.05) is 13.8 Å². The monoisotopic (exact) mass is 342 g/mol. The molecular formula is C11H19IO4. The lowest BCUT2D eigenvalue weighted by Gasteiger charge is -2.32. The van der Waals surface area contributed by atoms with Crippen LogP contribution in [0, 0.1) is 0 Å². The zero-order valence-electron chi connectivity index (χ0n) is 10.2. The molecule has 0 spiro atoms. The summed E-state index contributed by atoms with van der Waals surface area (Å²) in [6.07, 6.45) is 0.432. The topological polar surface area (TPSA) is 36.9 Å². The fourth-order valence-electron chi connectivity index (χ4n) is 2.43. The summed E-state index contributed by atoms with van der Waals surface area (Å²) in [6.45, 7) is 5.99. The van der Waals surface area contributed by atoms with Gasteiger partial charge in [-0.2, -0.15) is 0 Å². The molecule has 0 aromatic carbocycles. The van der Waals surface area contributed by atoms with Crippen LogP contribution in [0.2, 0.25) is 0 Å². The summed E-state index contributed by atoms with van der Waals surface area (Å²) in [5.41, 5.74) is -0.278. The number of hydrogen-bond acceptors (Lipinski definition) is 4. The molecule has 0 aromatic rings. The molecular weight excluding hydrogens is 323 g/mol. The Hall–Kier alpha value is 0.570. The standard InChI is InChI=1S/C11H19IO4/c1-5-11(6-12)8-7(9(13-4)16-11)14-10(2,3)15-8/h7-9H,5-6H2,1-4H3/t7-,8?,9+,11-/m0/s1. The van der Waals surface area contributed by atoms with Gasteiger partial charge in [0.2, 0.25) is 0 Å². The van der Waals surface area contributed by atoms with Crippen molar-refractivity contribution in [2.45, 2.75) is 57.1 Å². The second kappa shape index (κ2) is 4.35. The normalized spacial score (nSPS) is 45.9. The molecule has 2 aliphatic rings. The lowest BCUT2D eigenvalue weighted by atomic mass is 9.95. The van der Waals surface area contributed by atoms with Crippen molar-refractivity contribution in [2.75, 3.05) is 11.5 Å². The summed E-state index contributed by atoms with van der Waals surface area (Å²) < 4.78 is 24.0. The number of methoxy groups -OCH3 is 1. The van der Waals surface area contributed by atoms with Crippen LogP contribution in [0.1, 0.15) is 27.2 Å². The van der Waals surface area contributed by atoms with Crippen molar-refractivity contribution in [3.05, 3.63) is 0 Å². The zero-order valence-corrected chi connectivity index (χ0v) is 12.3. The molecule has 5 heteroatoms. The zero-order chi connectivity index (χ0) is 12.0. The Morgan fingerprint density at radius 1 is 1.25 bits per heavy atom. The van der Waals surface area contributed by atoms with Crippen LogP contribution in [0.3, 0.4) is 0 Å². The van der Waals surface area contributed by atoms with E-state index in [4.69, 9.17) is 18.9 Å². The van der Waals surface area contributed by atoms with Crippen molar-refractivity contribution in [3.8, 4) is 0 Å². The number of ether oxygens (including phenoxy) is 4. The van der Waals surface area contributed by atoms with Gasteiger partial charge in [-0.1, -0.05) is 29.5 Å². The van der Waals surface area contributed by atoms with E-state index in [1.165, 1.54) is 0 Å². The second-order valence-corrected chi connectivity index (χ2v) is 5.56. The van der Waals surface area contributed by atoms with Gasteiger partial charge in [0.15, 0.2) is 12.1 Å². The van der Waals surface area contributed by atoms with Gasteiger partial charge in [0.05, 0.1) is 0 Å². The predicted octanol–water partition coefficient (Wildman–Crippen LogP) is 2.09. The van der Waals surface area contributed by atoms with E-state index in [0.29, 0.717) is 0 Å². The summed E-state index contributed by atoms with van der Waals surface area (Å²) in [6, 6.07) is 0. The van der Waals surface area contributed by atoms with Crippen molar-refractivity contribution in [2.24, 2.45) is 0 Å². The van der Waals surface area contributed by atoms with Gasteiger partial charge in [-0.3, -0.25) is 0 Å². The maximum atomic E-state index is 5.98. The molecule has 0 aliphatic carbocycles. The van der Waals surface area contributed by atoms with Crippen LogP contribution in [-0.4, -0.2) is 41.4 Å². The number of alkyl halides is 1. The van der Waals surface area contributed by atoms with Crippen molar-refractivity contribution in [1.82, 2.24) is 0 Å². The van der Waals surface area contributed by atoms with E-state index >= 15 is 0 Å². The Morgan fingerprint density at radius 2 is 1.94 bits per heavy atom. The van der Waals surface area contributed by atoms with Gasteiger partial charge in [0.25, 0.3) is 0 Å². The molecule has 16 heavy (non-hydrogen) atoms. The number of hydrogen-bond donors (Lipinski definition) is 0. The Labute approximate surface area is 110 Å². The van der Waals surface area contributed by atoms with Crippen LogP contribution in [0.25, 0.3) is 0 Å². The molecule has 2 saturated heterocycles. The molecule has 2 aliphatic heterocycles. The van der Waals surface area contributed by atoms with Gasteiger partial charge in [-0.05, 0) is 20.3 Å². The van der Waals surface area contributed by atoms with Crippen molar-refractivity contribution in [1.29, 1.82) is 0 Å². The SMILES string of the molecule is CC[C@@]1(CI)O[C@@H](OC)[C@H]2OC(C)(C)OC21. The highest BCUT2D eigenvalue weighted by molar-refractivity contribution is 14.1. The minimum atomic E-state index is -0.540. The molecule has 0 amide bonds. The second-order valence-electron chi connectivity index (χ2n) is 4.79. The van der Waals surface area contributed by atoms with Crippen LogP contribution in [0.4, 0.5) is 0 Å². The number of fused-ring (bicyclic) bond motifs is 1. The van der Waals surface area contributed by atoms with Crippen LogP contribution in [-0.2, 0) is 18.9 Å². The third-order valence-electron chi connectivity index (χ3n) is 3.32. The van der Waals surface area contributed by atoms with Crippen LogP contribution < -0.4 is 0 Å². The summed E-state index contributed by atoms with van der Waals surface area (Å²) >= 11 is 2.34. The van der Waals surface area contributed by atoms with Crippen LogP contribution >= 0.6 is 22.6 Å². The molecule has 1 unspecified atom stereocenters. The van der Waals surface area contributed by atoms with E-state index in [-0.39, 0.29) is 24.1 Å². The molecule has 2 heterocycles. The molecule has 2 fully saturated rings. The molecule has 0 saturated carbocycles. The summed E-state index contributed by atoms with van der Waals surface area (Å²) in [7, 11) is 1.65. The minimum absolute atomic E-state index is 0.0330. The fraction of sp³-hybridized carbons (Fsp3) is 1.00.